The van der Waals surface area contributed by atoms with Crippen LogP contribution in [0.5, 0.6) is 0 Å². The second-order valence-corrected chi connectivity index (χ2v) is 3.95. The second kappa shape index (κ2) is 7.09. The maximum absolute atomic E-state index is 11.1. The molecule has 0 aromatic carbocycles. The lowest BCUT2D eigenvalue weighted by Gasteiger charge is -2.10. The van der Waals surface area contributed by atoms with Crippen LogP contribution in [0.25, 0.3) is 0 Å². The highest BCUT2D eigenvalue weighted by Gasteiger charge is 2.10. The van der Waals surface area contributed by atoms with Crippen LogP contribution >= 0.6 is 0 Å². The molecule has 0 aliphatic heterocycles. The number of carbonyl (C=O) groups is 1. The van der Waals surface area contributed by atoms with E-state index in [1.165, 1.54) is 7.11 Å². The predicted molar refractivity (Wildman–Crippen MR) is 62.8 cm³/mol. The molecule has 0 saturated carbocycles. The number of nitrogens with one attached hydrogen (secondary N) is 1. The number of furan rings is 1. The van der Waals surface area contributed by atoms with Crippen LogP contribution in [0, 0.1) is 5.92 Å². The number of ether oxygens (including phenoxy) is 2. The molecule has 0 spiro atoms. The van der Waals surface area contributed by atoms with E-state index in [4.69, 9.17) is 9.15 Å². The van der Waals surface area contributed by atoms with Crippen molar-refractivity contribution in [3.05, 3.63) is 23.7 Å². The second-order valence-electron chi connectivity index (χ2n) is 3.95. The van der Waals surface area contributed by atoms with Crippen molar-refractivity contribution in [2.24, 2.45) is 5.92 Å². The Morgan fingerprint density at radius 1 is 1.47 bits per heavy atom. The zero-order valence-electron chi connectivity index (χ0n) is 10.5. The molecule has 0 amide bonds. The molecule has 0 fully saturated rings. The lowest BCUT2D eigenvalue weighted by atomic mass is 10.2. The summed E-state index contributed by atoms with van der Waals surface area (Å²) in [7, 11) is 3.01. The van der Waals surface area contributed by atoms with Crippen molar-refractivity contribution in [1.82, 2.24) is 5.32 Å². The van der Waals surface area contributed by atoms with Gasteiger partial charge in [-0.2, -0.15) is 0 Å². The molecule has 5 nitrogen and oxygen atoms in total. The molecule has 1 aromatic heterocycles. The number of methoxy groups -OCH3 is 2. The van der Waals surface area contributed by atoms with Crippen LogP contribution in [-0.2, 0) is 16.0 Å². The Kier molecular flexibility index (Phi) is 5.72. The SMILES string of the molecule is COCC(C)CNCc1ccc(C(=O)OC)o1. The normalized spacial score (nSPS) is 12.4. The Morgan fingerprint density at radius 2 is 2.24 bits per heavy atom. The largest absolute Gasteiger partial charge is 0.463 e. The van der Waals surface area contributed by atoms with E-state index in [0.717, 1.165) is 18.9 Å². The van der Waals surface area contributed by atoms with Crippen molar-refractivity contribution in [2.45, 2.75) is 13.5 Å². The van der Waals surface area contributed by atoms with Crippen LogP contribution in [0.2, 0.25) is 0 Å². The van der Waals surface area contributed by atoms with Gasteiger partial charge < -0.3 is 19.2 Å². The molecule has 17 heavy (non-hydrogen) atoms. The summed E-state index contributed by atoms with van der Waals surface area (Å²) < 4.78 is 14.9. The van der Waals surface area contributed by atoms with Crippen LogP contribution in [-0.4, -0.2) is 33.3 Å². The summed E-state index contributed by atoms with van der Waals surface area (Å²) >= 11 is 0. The molecular formula is C12H19NO4. The van der Waals surface area contributed by atoms with Gasteiger partial charge in [-0.1, -0.05) is 6.92 Å². The molecule has 1 aromatic rings. The summed E-state index contributed by atoms with van der Waals surface area (Å²) in [6.07, 6.45) is 0. The van der Waals surface area contributed by atoms with Crippen LogP contribution in [0.4, 0.5) is 0 Å². The van der Waals surface area contributed by atoms with Gasteiger partial charge in [-0.3, -0.25) is 0 Å². The molecule has 0 aliphatic carbocycles. The number of rotatable bonds is 7. The number of hydrogen-bond donors (Lipinski definition) is 1. The van der Waals surface area contributed by atoms with E-state index < -0.39 is 5.97 Å². The minimum Gasteiger partial charge on any atom is -0.463 e. The molecule has 0 radical (unpaired) electrons. The Hall–Kier alpha value is -1.33. The van der Waals surface area contributed by atoms with E-state index >= 15 is 0 Å². The first-order valence-corrected chi connectivity index (χ1v) is 5.54. The quantitative estimate of drug-likeness (QED) is 0.732. The molecule has 1 unspecified atom stereocenters. The molecule has 1 N–H and O–H groups in total. The van der Waals surface area contributed by atoms with Gasteiger partial charge in [0.05, 0.1) is 13.7 Å². The van der Waals surface area contributed by atoms with Crippen LogP contribution in [0.1, 0.15) is 23.2 Å². The molecule has 0 aliphatic rings. The van der Waals surface area contributed by atoms with E-state index in [9.17, 15) is 4.79 Å². The van der Waals surface area contributed by atoms with Crippen LogP contribution in [0.15, 0.2) is 16.5 Å². The van der Waals surface area contributed by atoms with E-state index in [-0.39, 0.29) is 5.76 Å². The van der Waals surface area contributed by atoms with E-state index in [2.05, 4.69) is 17.0 Å². The number of hydrogen-bond acceptors (Lipinski definition) is 5. The van der Waals surface area contributed by atoms with Crippen molar-refractivity contribution in [3.63, 3.8) is 0 Å². The van der Waals surface area contributed by atoms with Gasteiger partial charge in [0.1, 0.15) is 5.76 Å². The van der Waals surface area contributed by atoms with Gasteiger partial charge in [0.15, 0.2) is 0 Å². The average Bonchev–Trinajstić information content (AvgIpc) is 2.77. The van der Waals surface area contributed by atoms with Crippen molar-refractivity contribution in [1.29, 1.82) is 0 Å². The lowest BCUT2D eigenvalue weighted by Crippen LogP contribution is -2.23. The summed E-state index contributed by atoms with van der Waals surface area (Å²) in [5.41, 5.74) is 0. The molecule has 1 heterocycles. The number of carbonyl (C=O) groups excluding carboxylic acids is 1. The van der Waals surface area contributed by atoms with Gasteiger partial charge in [-0.25, -0.2) is 4.79 Å². The lowest BCUT2D eigenvalue weighted by molar-refractivity contribution is 0.0563. The molecule has 1 atom stereocenters. The minimum absolute atomic E-state index is 0.231. The Labute approximate surface area is 101 Å². The first-order valence-electron chi connectivity index (χ1n) is 5.54. The maximum atomic E-state index is 11.1. The highest BCUT2D eigenvalue weighted by molar-refractivity contribution is 5.86. The molecule has 5 heteroatoms. The summed E-state index contributed by atoms with van der Waals surface area (Å²) in [5.74, 6) is 0.934. The van der Waals surface area contributed by atoms with E-state index in [1.807, 2.05) is 0 Å². The van der Waals surface area contributed by atoms with Gasteiger partial charge in [0.25, 0.3) is 0 Å². The van der Waals surface area contributed by atoms with E-state index in [0.29, 0.717) is 12.5 Å². The Balaban J connectivity index is 2.32. The van der Waals surface area contributed by atoms with Gasteiger partial charge in [-0.15, -0.1) is 0 Å². The average molecular weight is 241 g/mol. The summed E-state index contributed by atoms with van der Waals surface area (Å²) in [6.45, 7) is 4.24. The zero-order chi connectivity index (χ0) is 12.7. The fourth-order valence-electron chi connectivity index (χ4n) is 1.47. The summed E-state index contributed by atoms with van der Waals surface area (Å²) in [6, 6.07) is 3.38. The fraction of sp³-hybridized carbons (Fsp3) is 0.583. The van der Waals surface area contributed by atoms with Crippen molar-refractivity contribution < 1.29 is 18.7 Å². The van der Waals surface area contributed by atoms with Crippen LogP contribution in [0.3, 0.4) is 0 Å². The van der Waals surface area contributed by atoms with Gasteiger partial charge in [0.2, 0.25) is 5.76 Å². The summed E-state index contributed by atoms with van der Waals surface area (Å²) in [5, 5.41) is 3.23. The van der Waals surface area contributed by atoms with Crippen molar-refractivity contribution >= 4 is 5.97 Å². The van der Waals surface area contributed by atoms with E-state index in [1.54, 1.807) is 19.2 Å². The van der Waals surface area contributed by atoms with Gasteiger partial charge in [-0.05, 0) is 18.1 Å². The standard InChI is InChI=1S/C12H19NO4/c1-9(8-15-2)6-13-7-10-4-5-11(17-10)12(14)16-3/h4-5,9,13H,6-8H2,1-3H3. The molecule has 0 saturated heterocycles. The maximum Gasteiger partial charge on any atom is 0.373 e. The van der Waals surface area contributed by atoms with Crippen molar-refractivity contribution in [2.75, 3.05) is 27.4 Å². The smallest absolute Gasteiger partial charge is 0.373 e. The summed E-state index contributed by atoms with van der Waals surface area (Å²) in [4.78, 5) is 11.1. The first kappa shape index (κ1) is 13.7. The monoisotopic (exact) mass is 241 g/mol. The topological polar surface area (TPSA) is 60.7 Å². The minimum atomic E-state index is -0.455. The third kappa shape index (κ3) is 4.58. The first-order chi connectivity index (χ1) is 8.17. The predicted octanol–water partition coefficient (Wildman–Crippen LogP) is 1.44. The molecular weight excluding hydrogens is 222 g/mol. The molecule has 0 bridgehead atoms. The van der Waals surface area contributed by atoms with Gasteiger partial charge in [0, 0.05) is 20.3 Å². The molecule has 1 rings (SSSR count). The zero-order valence-corrected chi connectivity index (χ0v) is 10.5. The molecule has 96 valence electrons. The number of esters is 1. The van der Waals surface area contributed by atoms with Crippen molar-refractivity contribution in [3.8, 4) is 0 Å². The highest BCUT2D eigenvalue weighted by atomic mass is 16.5. The Bertz CT molecular complexity index is 348. The third-order valence-corrected chi connectivity index (χ3v) is 2.29. The van der Waals surface area contributed by atoms with Crippen LogP contribution < -0.4 is 5.32 Å². The van der Waals surface area contributed by atoms with Gasteiger partial charge >= 0.3 is 5.97 Å². The fourth-order valence-corrected chi connectivity index (χ4v) is 1.47. The third-order valence-electron chi connectivity index (χ3n) is 2.29. The highest BCUT2D eigenvalue weighted by Crippen LogP contribution is 2.08. The Morgan fingerprint density at radius 3 is 2.88 bits per heavy atom.